The molecule has 0 unspecified atom stereocenters. The van der Waals surface area contributed by atoms with Crippen LogP contribution in [-0.2, 0) is 6.42 Å². The topological polar surface area (TPSA) is 25.8 Å². The maximum atomic E-state index is 4.27. The summed E-state index contributed by atoms with van der Waals surface area (Å²) in [5.74, 6) is 0. The second kappa shape index (κ2) is 4.22. The van der Waals surface area contributed by atoms with Crippen molar-refractivity contribution in [1.29, 1.82) is 0 Å². The third-order valence-corrected chi connectivity index (χ3v) is 2.35. The van der Waals surface area contributed by atoms with E-state index in [1.165, 1.54) is 11.1 Å². The lowest BCUT2D eigenvalue weighted by Crippen LogP contribution is -1.91. The lowest BCUT2D eigenvalue weighted by molar-refractivity contribution is 1.08. The van der Waals surface area contributed by atoms with Crippen molar-refractivity contribution < 1.29 is 0 Å². The number of nitrogens with zero attached hydrogens (tertiary/aromatic N) is 2. The number of aromatic nitrogens is 2. The van der Waals surface area contributed by atoms with Gasteiger partial charge >= 0.3 is 0 Å². The van der Waals surface area contributed by atoms with Gasteiger partial charge in [-0.05, 0) is 37.1 Å². The maximum absolute atomic E-state index is 4.27. The standard InChI is InChI=1S/C13H14N2/c1-10-3-5-12(8-14-10)7-13-6-4-11(2)15-9-13/h3-6,8-9H,7H2,1-2H3. The minimum Gasteiger partial charge on any atom is -0.261 e. The Balaban J connectivity index is 2.15. The Hall–Kier alpha value is -1.70. The summed E-state index contributed by atoms with van der Waals surface area (Å²) in [5.41, 5.74) is 4.57. The summed E-state index contributed by atoms with van der Waals surface area (Å²) in [4.78, 5) is 8.54. The van der Waals surface area contributed by atoms with Crippen molar-refractivity contribution in [2.75, 3.05) is 0 Å². The van der Waals surface area contributed by atoms with E-state index in [-0.39, 0.29) is 0 Å². The van der Waals surface area contributed by atoms with E-state index < -0.39 is 0 Å². The molecule has 2 heteroatoms. The van der Waals surface area contributed by atoms with Crippen LogP contribution in [0.2, 0.25) is 0 Å². The molecule has 0 N–H and O–H groups in total. The highest BCUT2D eigenvalue weighted by molar-refractivity contribution is 5.23. The van der Waals surface area contributed by atoms with Gasteiger partial charge in [0.2, 0.25) is 0 Å². The highest BCUT2D eigenvalue weighted by atomic mass is 14.7. The van der Waals surface area contributed by atoms with Crippen LogP contribution in [-0.4, -0.2) is 9.97 Å². The largest absolute Gasteiger partial charge is 0.261 e. The molecule has 0 saturated heterocycles. The van der Waals surface area contributed by atoms with Gasteiger partial charge in [-0.2, -0.15) is 0 Å². The van der Waals surface area contributed by atoms with E-state index in [1.54, 1.807) is 0 Å². The second-order valence-corrected chi connectivity index (χ2v) is 3.79. The van der Waals surface area contributed by atoms with E-state index in [2.05, 4.69) is 22.1 Å². The molecule has 0 radical (unpaired) electrons. The van der Waals surface area contributed by atoms with Crippen molar-refractivity contribution in [3.8, 4) is 0 Å². The van der Waals surface area contributed by atoms with Gasteiger partial charge in [0.15, 0.2) is 0 Å². The van der Waals surface area contributed by atoms with E-state index in [0.29, 0.717) is 0 Å². The SMILES string of the molecule is Cc1ccc(Cc2ccc(C)nc2)cn1. The van der Waals surface area contributed by atoms with Gasteiger partial charge in [-0.25, -0.2) is 0 Å². The van der Waals surface area contributed by atoms with Gasteiger partial charge in [0.25, 0.3) is 0 Å². The molecule has 0 amide bonds. The van der Waals surface area contributed by atoms with Crippen LogP contribution in [0.25, 0.3) is 0 Å². The number of hydrogen-bond acceptors (Lipinski definition) is 2. The smallest absolute Gasteiger partial charge is 0.0372 e. The zero-order valence-corrected chi connectivity index (χ0v) is 9.07. The summed E-state index contributed by atoms with van der Waals surface area (Å²) in [5, 5.41) is 0. The van der Waals surface area contributed by atoms with Crippen molar-refractivity contribution in [3.63, 3.8) is 0 Å². The Bertz CT molecular complexity index is 386. The van der Waals surface area contributed by atoms with Crippen LogP contribution in [0.3, 0.4) is 0 Å². The second-order valence-electron chi connectivity index (χ2n) is 3.79. The third kappa shape index (κ3) is 2.62. The number of pyridine rings is 2. The quantitative estimate of drug-likeness (QED) is 0.741. The van der Waals surface area contributed by atoms with E-state index in [9.17, 15) is 0 Å². The summed E-state index contributed by atoms with van der Waals surface area (Å²) < 4.78 is 0. The molecule has 2 rings (SSSR count). The van der Waals surface area contributed by atoms with E-state index in [4.69, 9.17) is 0 Å². The summed E-state index contributed by atoms with van der Waals surface area (Å²) in [7, 11) is 0. The monoisotopic (exact) mass is 198 g/mol. The first-order chi connectivity index (χ1) is 7.24. The molecular formula is C13H14N2. The van der Waals surface area contributed by atoms with Crippen molar-refractivity contribution in [3.05, 3.63) is 59.2 Å². The Morgan fingerprint density at radius 3 is 1.60 bits per heavy atom. The first-order valence-corrected chi connectivity index (χ1v) is 5.07. The van der Waals surface area contributed by atoms with Crippen molar-refractivity contribution >= 4 is 0 Å². The fraction of sp³-hybridized carbons (Fsp3) is 0.231. The maximum Gasteiger partial charge on any atom is 0.0372 e. The number of hydrogen-bond donors (Lipinski definition) is 0. The highest BCUT2D eigenvalue weighted by Gasteiger charge is 1.97. The predicted molar refractivity (Wildman–Crippen MR) is 60.8 cm³/mol. The van der Waals surface area contributed by atoms with E-state index in [1.807, 2.05) is 38.4 Å². The molecular weight excluding hydrogens is 184 g/mol. The van der Waals surface area contributed by atoms with Crippen LogP contribution >= 0.6 is 0 Å². The summed E-state index contributed by atoms with van der Waals surface area (Å²) in [6.07, 6.45) is 4.75. The van der Waals surface area contributed by atoms with Crippen molar-refractivity contribution in [1.82, 2.24) is 9.97 Å². The fourth-order valence-corrected chi connectivity index (χ4v) is 1.44. The molecule has 2 nitrogen and oxygen atoms in total. The van der Waals surface area contributed by atoms with Crippen LogP contribution in [0.5, 0.6) is 0 Å². The highest BCUT2D eigenvalue weighted by Crippen LogP contribution is 2.08. The molecule has 0 aliphatic heterocycles. The molecule has 0 saturated carbocycles. The van der Waals surface area contributed by atoms with Crippen LogP contribution in [0.4, 0.5) is 0 Å². The molecule has 76 valence electrons. The lowest BCUT2D eigenvalue weighted by Gasteiger charge is -2.01. The zero-order valence-electron chi connectivity index (χ0n) is 9.07. The van der Waals surface area contributed by atoms with E-state index in [0.717, 1.165) is 17.8 Å². The summed E-state index contributed by atoms with van der Waals surface area (Å²) in [6, 6.07) is 8.30. The summed E-state index contributed by atoms with van der Waals surface area (Å²) >= 11 is 0. The van der Waals surface area contributed by atoms with Gasteiger partial charge in [0, 0.05) is 30.2 Å². The number of rotatable bonds is 2. The van der Waals surface area contributed by atoms with Gasteiger partial charge < -0.3 is 0 Å². The predicted octanol–water partition coefficient (Wildman–Crippen LogP) is 2.68. The first kappa shape index (κ1) is 9.84. The Morgan fingerprint density at radius 1 is 0.800 bits per heavy atom. The number of aryl methyl sites for hydroxylation is 2. The molecule has 2 aromatic heterocycles. The van der Waals surface area contributed by atoms with Gasteiger partial charge in [-0.15, -0.1) is 0 Å². The molecule has 15 heavy (non-hydrogen) atoms. The molecule has 0 atom stereocenters. The van der Waals surface area contributed by atoms with E-state index >= 15 is 0 Å². The molecule has 0 aliphatic carbocycles. The van der Waals surface area contributed by atoms with Crippen LogP contribution in [0, 0.1) is 13.8 Å². The zero-order chi connectivity index (χ0) is 10.7. The summed E-state index contributed by atoms with van der Waals surface area (Å²) in [6.45, 7) is 3.99. The Kier molecular flexibility index (Phi) is 2.77. The minimum absolute atomic E-state index is 0.903. The molecule has 0 aromatic carbocycles. The van der Waals surface area contributed by atoms with Gasteiger partial charge in [-0.1, -0.05) is 12.1 Å². The molecule has 0 bridgehead atoms. The van der Waals surface area contributed by atoms with Gasteiger partial charge in [0.1, 0.15) is 0 Å². The third-order valence-electron chi connectivity index (χ3n) is 2.35. The molecule has 0 fully saturated rings. The average Bonchev–Trinajstić information content (AvgIpc) is 2.25. The van der Waals surface area contributed by atoms with Gasteiger partial charge in [-0.3, -0.25) is 9.97 Å². The Morgan fingerprint density at radius 2 is 1.27 bits per heavy atom. The molecule has 2 heterocycles. The fourth-order valence-electron chi connectivity index (χ4n) is 1.44. The lowest BCUT2D eigenvalue weighted by atomic mass is 10.1. The normalized spacial score (nSPS) is 10.3. The minimum atomic E-state index is 0.903. The first-order valence-electron chi connectivity index (χ1n) is 5.07. The van der Waals surface area contributed by atoms with Crippen LogP contribution in [0.15, 0.2) is 36.7 Å². The van der Waals surface area contributed by atoms with Gasteiger partial charge in [0.05, 0.1) is 0 Å². The molecule has 2 aromatic rings. The van der Waals surface area contributed by atoms with Crippen LogP contribution < -0.4 is 0 Å². The molecule has 0 aliphatic rings. The average molecular weight is 198 g/mol. The van der Waals surface area contributed by atoms with Crippen molar-refractivity contribution in [2.24, 2.45) is 0 Å². The molecule has 0 spiro atoms. The van der Waals surface area contributed by atoms with Crippen LogP contribution in [0.1, 0.15) is 22.5 Å². The Labute approximate surface area is 90.0 Å². The van der Waals surface area contributed by atoms with Crippen molar-refractivity contribution in [2.45, 2.75) is 20.3 Å².